The van der Waals surface area contributed by atoms with E-state index in [-0.39, 0.29) is 13.1 Å². The lowest BCUT2D eigenvalue weighted by molar-refractivity contribution is -0.173. The molecule has 0 aliphatic carbocycles. The van der Waals surface area contributed by atoms with Crippen molar-refractivity contribution in [3.8, 4) is 0 Å². The Morgan fingerprint density at radius 1 is 0.625 bits per heavy atom. The minimum atomic E-state index is -4.86. The Morgan fingerprint density at radius 2 is 1.03 bits per heavy atom. The molecule has 0 aliphatic rings. The molecule has 0 heterocycles. The first-order valence-corrected chi connectivity index (χ1v) is 10.4. The molecule has 0 saturated heterocycles. The highest BCUT2D eigenvalue weighted by Gasteiger charge is 2.38. The quantitative estimate of drug-likeness (QED) is 0.331. The molecule has 7 heteroatoms. The number of amides is 1. The van der Waals surface area contributed by atoms with Gasteiger partial charge in [-0.25, -0.2) is 0 Å². The van der Waals surface area contributed by atoms with Crippen molar-refractivity contribution in [3.05, 3.63) is 108 Å². The fourth-order valence-electron chi connectivity index (χ4n) is 3.70. The first kappa shape index (κ1) is 23.5. The fraction of sp³-hybridized carbons (Fsp3) is 0.240. The molecule has 1 amide bonds. The summed E-state index contributed by atoms with van der Waals surface area (Å²) in [6.45, 7) is 1.19. The number of halogens is 3. The second-order valence-electron chi connectivity index (χ2n) is 7.28. The maximum absolute atomic E-state index is 12.3. The monoisotopic (exact) mass is 441 g/mol. The number of hydrogen-bond donors (Lipinski definition) is 3. The van der Waals surface area contributed by atoms with Crippen molar-refractivity contribution in [2.45, 2.75) is 11.7 Å². The van der Waals surface area contributed by atoms with Gasteiger partial charge in [-0.2, -0.15) is 13.2 Å². The first-order chi connectivity index (χ1) is 15.4. The fourth-order valence-corrected chi connectivity index (χ4v) is 3.70. The van der Waals surface area contributed by atoms with Gasteiger partial charge in [-0.15, -0.1) is 0 Å². The minimum Gasteiger partial charge on any atom is -0.347 e. The van der Waals surface area contributed by atoms with E-state index in [1.54, 1.807) is 0 Å². The van der Waals surface area contributed by atoms with E-state index in [2.05, 4.69) is 47.0 Å². The number of alkyl halides is 3. The molecule has 168 valence electrons. The molecule has 3 rings (SSSR count). The van der Waals surface area contributed by atoms with Crippen LogP contribution in [0.15, 0.2) is 91.0 Å². The van der Waals surface area contributed by atoms with E-state index in [0.29, 0.717) is 13.1 Å². The SMILES string of the molecule is O=C(NCCNCCNC(c1ccccc1)(c1ccccc1)c1ccccc1)C(F)(F)F. The lowest BCUT2D eigenvalue weighted by Crippen LogP contribution is -2.47. The van der Waals surface area contributed by atoms with Gasteiger partial charge in [-0.1, -0.05) is 91.0 Å². The zero-order chi connectivity index (χ0) is 22.9. The molecule has 0 radical (unpaired) electrons. The van der Waals surface area contributed by atoms with E-state index in [1.165, 1.54) is 0 Å². The highest BCUT2D eigenvalue weighted by molar-refractivity contribution is 5.81. The molecule has 0 fully saturated rings. The second-order valence-corrected chi connectivity index (χ2v) is 7.28. The highest BCUT2D eigenvalue weighted by Crippen LogP contribution is 2.36. The molecule has 0 saturated carbocycles. The predicted octanol–water partition coefficient (Wildman–Crippen LogP) is 3.84. The topological polar surface area (TPSA) is 53.2 Å². The molecule has 0 bridgehead atoms. The van der Waals surface area contributed by atoms with Crippen molar-refractivity contribution in [2.75, 3.05) is 26.2 Å². The lowest BCUT2D eigenvalue weighted by Gasteiger charge is -2.37. The lowest BCUT2D eigenvalue weighted by atomic mass is 9.77. The molecule has 0 aliphatic heterocycles. The number of carbonyl (C=O) groups is 1. The van der Waals surface area contributed by atoms with E-state index in [0.717, 1.165) is 16.7 Å². The molecule has 3 aromatic carbocycles. The van der Waals surface area contributed by atoms with Crippen LogP contribution in [0.3, 0.4) is 0 Å². The van der Waals surface area contributed by atoms with Gasteiger partial charge in [-0.3, -0.25) is 10.1 Å². The maximum atomic E-state index is 12.3. The molecule has 3 aromatic rings. The molecule has 3 N–H and O–H groups in total. The van der Waals surface area contributed by atoms with Crippen molar-refractivity contribution in [1.29, 1.82) is 0 Å². The number of rotatable bonds is 10. The van der Waals surface area contributed by atoms with Gasteiger partial charge in [-0.05, 0) is 16.7 Å². The maximum Gasteiger partial charge on any atom is 0.471 e. The molecular formula is C25H26F3N3O. The van der Waals surface area contributed by atoms with Crippen molar-refractivity contribution in [1.82, 2.24) is 16.0 Å². The van der Waals surface area contributed by atoms with Crippen LogP contribution in [0.25, 0.3) is 0 Å². The third-order valence-electron chi connectivity index (χ3n) is 5.16. The van der Waals surface area contributed by atoms with Crippen LogP contribution < -0.4 is 16.0 Å². The van der Waals surface area contributed by atoms with Gasteiger partial charge in [0.25, 0.3) is 0 Å². The van der Waals surface area contributed by atoms with E-state index in [9.17, 15) is 18.0 Å². The normalized spacial score (nSPS) is 11.8. The third-order valence-corrected chi connectivity index (χ3v) is 5.16. The summed E-state index contributed by atoms with van der Waals surface area (Å²) >= 11 is 0. The molecule has 0 spiro atoms. The van der Waals surface area contributed by atoms with Crippen LogP contribution in [0.1, 0.15) is 16.7 Å². The third kappa shape index (κ3) is 5.75. The first-order valence-electron chi connectivity index (χ1n) is 10.4. The van der Waals surface area contributed by atoms with Crippen LogP contribution in [0, 0.1) is 0 Å². The van der Waals surface area contributed by atoms with E-state index >= 15 is 0 Å². The molecular weight excluding hydrogens is 415 g/mol. The standard InChI is InChI=1S/C25H26F3N3O/c26-25(27,28)23(32)30-18-16-29-17-19-31-24(20-10-4-1-5-11-20,21-12-6-2-7-13-21)22-14-8-3-9-15-22/h1-15,29,31H,16-19H2,(H,30,32). The van der Waals surface area contributed by atoms with Gasteiger partial charge >= 0.3 is 12.1 Å². The Balaban J connectivity index is 1.74. The molecule has 4 nitrogen and oxygen atoms in total. The second kappa shape index (κ2) is 10.9. The Labute approximate surface area is 185 Å². The van der Waals surface area contributed by atoms with Gasteiger partial charge in [0.1, 0.15) is 0 Å². The smallest absolute Gasteiger partial charge is 0.347 e. The average Bonchev–Trinajstić information content (AvgIpc) is 2.82. The zero-order valence-corrected chi connectivity index (χ0v) is 17.5. The van der Waals surface area contributed by atoms with Gasteiger partial charge in [0.15, 0.2) is 0 Å². The zero-order valence-electron chi connectivity index (χ0n) is 17.5. The van der Waals surface area contributed by atoms with Crippen LogP contribution in [0.4, 0.5) is 13.2 Å². The van der Waals surface area contributed by atoms with Crippen LogP contribution in [-0.4, -0.2) is 38.3 Å². The molecule has 32 heavy (non-hydrogen) atoms. The Morgan fingerprint density at radius 3 is 1.44 bits per heavy atom. The predicted molar refractivity (Wildman–Crippen MR) is 119 cm³/mol. The Bertz CT molecular complexity index is 867. The van der Waals surface area contributed by atoms with Gasteiger partial charge in [0.05, 0.1) is 5.54 Å². The van der Waals surface area contributed by atoms with E-state index in [4.69, 9.17) is 0 Å². The molecule has 0 unspecified atom stereocenters. The number of hydrogen-bond acceptors (Lipinski definition) is 3. The molecule has 0 aromatic heterocycles. The largest absolute Gasteiger partial charge is 0.471 e. The van der Waals surface area contributed by atoms with Crippen molar-refractivity contribution < 1.29 is 18.0 Å². The summed E-state index contributed by atoms with van der Waals surface area (Å²) in [5.41, 5.74) is 2.63. The summed E-state index contributed by atoms with van der Waals surface area (Å²) in [7, 11) is 0. The van der Waals surface area contributed by atoms with E-state index in [1.807, 2.05) is 59.9 Å². The van der Waals surface area contributed by atoms with Crippen LogP contribution in [-0.2, 0) is 10.3 Å². The number of nitrogens with one attached hydrogen (secondary N) is 3. The minimum absolute atomic E-state index is 0.0977. The molecule has 0 atom stereocenters. The summed E-state index contributed by atoms with van der Waals surface area (Å²) in [6.07, 6.45) is -4.86. The summed E-state index contributed by atoms with van der Waals surface area (Å²) in [6, 6.07) is 30.4. The van der Waals surface area contributed by atoms with Gasteiger partial charge in [0.2, 0.25) is 0 Å². The van der Waals surface area contributed by atoms with E-state index < -0.39 is 17.6 Å². The van der Waals surface area contributed by atoms with Crippen molar-refractivity contribution in [2.24, 2.45) is 0 Å². The highest BCUT2D eigenvalue weighted by atomic mass is 19.4. The average molecular weight is 441 g/mol. The van der Waals surface area contributed by atoms with Crippen LogP contribution in [0.2, 0.25) is 0 Å². The summed E-state index contributed by atoms with van der Waals surface area (Å²) < 4.78 is 36.8. The van der Waals surface area contributed by atoms with Gasteiger partial charge < -0.3 is 10.6 Å². The summed E-state index contributed by atoms with van der Waals surface area (Å²) in [5.74, 6) is -1.92. The number of carbonyl (C=O) groups excluding carboxylic acids is 1. The summed E-state index contributed by atoms with van der Waals surface area (Å²) in [4.78, 5) is 10.9. The van der Waals surface area contributed by atoms with Crippen LogP contribution in [0.5, 0.6) is 0 Å². The number of benzene rings is 3. The van der Waals surface area contributed by atoms with Crippen molar-refractivity contribution >= 4 is 5.91 Å². The van der Waals surface area contributed by atoms with Crippen molar-refractivity contribution in [3.63, 3.8) is 0 Å². The Hall–Kier alpha value is -3.16. The summed E-state index contributed by atoms with van der Waals surface area (Å²) in [5, 5.41) is 8.61. The van der Waals surface area contributed by atoms with Crippen LogP contribution >= 0.6 is 0 Å². The Kier molecular flexibility index (Phi) is 8.03. The van der Waals surface area contributed by atoms with Gasteiger partial charge in [0, 0.05) is 26.2 Å².